The summed E-state index contributed by atoms with van der Waals surface area (Å²) in [5.74, 6) is -0.869. The molecule has 0 aromatic heterocycles. The van der Waals surface area contributed by atoms with Crippen LogP contribution in [0.25, 0.3) is 0 Å². The van der Waals surface area contributed by atoms with E-state index in [-0.39, 0.29) is 31.1 Å². The molecular formula is C55H102O6. The second-order valence-corrected chi connectivity index (χ2v) is 18.1. The predicted molar refractivity (Wildman–Crippen MR) is 261 cm³/mol. The molecule has 0 aromatic carbocycles. The highest BCUT2D eigenvalue weighted by atomic mass is 16.6. The van der Waals surface area contributed by atoms with E-state index >= 15 is 0 Å². The zero-order valence-electron chi connectivity index (χ0n) is 40.9. The third kappa shape index (κ3) is 48.8. The van der Waals surface area contributed by atoms with E-state index in [0.29, 0.717) is 19.3 Å². The van der Waals surface area contributed by atoms with Crippen molar-refractivity contribution in [3.8, 4) is 0 Å². The molecule has 0 aromatic rings. The third-order valence-corrected chi connectivity index (χ3v) is 12.0. The van der Waals surface area contributed by atoms with E-state index in [0.717, 1.165) is 83.5 Å². The summed E-state index contributed by atoms with van der Waals surface area (Å²) in [4.78, 5) is 38.0. The molecule has 0 aliphatic rings. The molecule has 0 fully saturated rings. The van der Waals surface area contributed by atoms with Gasteiger partial charge in [-0.15, -0.1) is 0 Å². The van der Waals surface area contributed by atoms with Gasteiger partial charge in [0.15, 0.2) is 6.10 Å². The van der Waals surface area contributed by atoms with Crippen LogP contribution in [0.1, 0.15) is 290 Å². The summed E-state index contributed by atoms with van der Waals surface area (Å²) in [6.45, 7) is 6.56. The lowest BCUT2D eigenvalue weighted by atomic mass is 10.0. The molecule has 0 saturated carbocycles. The molecule has 0 radical (unpaired) electrons. The first-order valence-corrected chi connectivity index (χ1v) is 26.8. The van der Waals surface area contributed by atoms with Crippen LogP contribution in [0.15, 0.2) is 24.3 Å². The molecule has 1 atom stereocenters. The van der Waals surface area contributed by atoms with Crippen LogP contribution in [0.3, 0.4) is 0 Å². The molecule has 0 heterocycles. The highest BCUT2D eigenvalue weighted by molar-refractivity contribution is 5.71. The fourth-order valence-electron chi connectivity index (χ4n) is 7.95. The van der Waals surface area contributed by atoms with Gasteiger partial charge in [-0.2, -0.15) is 0 Å². The van der Waals surface area contributed by atoms with Crippen molar-refractivity contribution in [3.05, 3.63) is 24.3 Å². The molecule has 61 heavy (non-hydrogen) atoms. The molecule has 0 rings (SSSR count). The lowest BCUT2D eigenvalue weighted by Crippen LogP contribution is -2.30. The Bertz CT molecular complexity index is 989. The van der Waals surface area contributed by atoms with Crippen LogP contribution in [-0.2, 0) is 28.6 Å². The van der Waals surface area contributed by atoms with E-state index in [1.54, 1.807) is 0 Å². The van der Waals surface area contributed by atoms with Crippen LogP contribution in [-0.4, -0.2) is 37.2 Å². The number of ether oxygens (including phenoxy) is 3. The Morgan fingerprint density at radius 3 is 0.984 bits per heavy atom. The summed E-state index contributed by atoms with van der Waals surface area (Å²) in [6.07, 6.45) is 57.3. The fraction of sp³-hybridized carbons (Fsp3) is 0.873. The van der Waals surface area contributed by atoms with Gasteiger partial charge in [0.05, 0.1) is 0 Å². The fourth-order valence-corrected chi connectivity index (χ4v) is 7.95. The number of esters is 3. The van der Waals surface area contributed by atoms with E-state index in [4.69, 9.17) is 14.2 Å². The first-order chi connectivity index (χ1) is 30.0. The van der Waals surface area contributed by atoms with Gasteiger partial charge in [-0.25, -0.2) is 0 Å². The van der Waals surface area contributed by atoms with Crippen molar-refractivity contribution in [2.24, 2.45) is 0 Å². The average molecular weight is 859 g/mol. The molecule has 1 unspecified atom stereocenters. The number of allylic oxidation sites excluding steroid dienone is 4. The molecule has 0 amide bonds. The van der Waals surface area contributed by atoms with Crippen LogP contribution in [0, 0.1) is 0 Å². The highest BCUT2D eigenvalue weighted by Crippen LogP contribution is 2.17. The predicted octanol–water partition coefficient (Wildman–Crippen LogP) is 17.5. The van der Waals surface area contributed by atoms with Gasteiger partial charge < -0.3 is 14.2 Å². The van der Waals surface area contributed by atoms with Gasteiger partial charge in [-0.1, -0.05) is 251 Å². The van der Waals surface area contributed by atoms with Crippen molar-refractivity contribution in [2.75, 3.05) is 13.2 Å². The maximum atomic E-state index is 12.8. The molecule has 0 spiro atoms. The number of hydrogen-bond donors (Lipinski definition) is 0. The molecular weight excluding hydrogens is 757 g/mol. The minimum absolute atomic E-state index is 0.0705. The number of rotatable bonds is 49. The van der Waals surface area contributed by atoms with Crippen molar-refractivity contribution >= 4 is 17.9 Å². The maximum Gasteiger partial charge on any atom is 0.306 e. The normalized spacial score (nSPS) is 12.1. The van der Waals surface area contributed by atoms with Crippen LogP contribution < -0.4 is 0 Å². The molecule has 6 heteroatoms. The van der Waals surface area contributed by atoms with Crippen LogP contribution in [0.5, 0.6) is 0 Å². The number of carbonyl (C=O) groups is 3. The van der Waals surface area contributed by atoms with E-state index in [1.165, 1.54) is 167 Å². The Kier molecular flexibility index (Phi) is 48.8. The molecule has 0 bridgehead atoms. The van der Waals surface area contributed by atoms with Gasteiger partial charge in [0.1, 0.15) is 13.2 Å². The van der Waals surface area contributed by atoms with Crippen molar-refractivity contribution in [3.63, 3.8) is 0 Å². The van der Waals surface area contributed by atoms with E-state index in [1.807, 2.05) is 0 Å². The Labute approximate surface area is 379 Å². The Morgan fingerprint density at radius 1 is 0.344 bits per heavy atom. The largest absolute Gasteiger partial charge is 0.462 e. The van der Waals surface area contributed by atoms with Crippen molar-refractivity contribution in [2.45, 2.75) is 297 Å². The molecule has 358 valence electrons. The Hall–Kier alpha value is -2.11. The summed E-state index contributed by atoms with van der Waals surface area (Å²) < 4.78 is 16.8. The average Bonchev–Trinajstić information content (AvgIpc) is 3.26. The van der Waals surface area contributed by atoms with Gasteiger partial charge in [-0.3, -0.25) is 14.4 Å². The summed E-state index contributed by atoms with van der Waals surface area (Å²) in [6, 6.07) is 0. The summed E-state index contributed by atoms with van der Waals surface area (Å²) in [7, 11) is 0. The Balaban J connectivity index is 4.32. The lowest BCUT2D eigenvalue weighted by molar-refractivity contribution is -0.167. The SMILES string of the molecule is CC/C=C\C/C=C\CCCCCCCC(=O)OCC(COC(=O)CCCCCCCCCCCCCCCCCC)OC(=O)CCCCCCCCCCCCCCCCC. The van der Waals surface area contributed by atoms with Gasteiger partial charge in [-0.05, 0) is 44.9 Å². The molecule has 0 N–H and O–H groups in total. The molecule has 0 aliphatic carbocycles. The minimum atomic E-state index is -0.770. The zero-order valence-corrected chi connectivity index (χ0v) is 40.9. The van der Waals surface area contributed by atoms with E-state index in [9.17, 15) is 14.4 Å². The summed E-state index contributed by atoms with van der Waals surface area (Å²) in [5, 5.41) is 0. The summed E-state index contributed by atoms with van der Waals surface area (Å²) >= 11 is 0. The van der Waals surface area contributed by atoms with Crippen LogP contribution >= 0.6 is 0 Å². The van der Waals surface area contributed by atoms with Crippen molar-refractivity contribution in [1.82, 2.24) is 0 Å². The molecule has 0 aliphatic heterocycles. The standard InChI is InChI=1S/C55H102O6/c1-4-7-10-13-16-19-22-25-27-29-30-33-36-39-42-45-48-54(57)60-51-52(50-59-53(56)47-44-41-38-35-32-24-21-18-15-12-9-6-3)61-55(58)49-46-43-40-37-34-31-28-26-23-20-17-14-11-8-5-2/h9,12,18,21,52H,4-8,10-11,13-17,19-20,22-51H2,1-3H3/b12-9-,21-18-. The first-order valence-electron chi connectivity index (χ1n) is 26.8. The topological polar surface area (TPSA) is 78.9 Å². The highest BCUT2D eigenvalue weighted by Gasteiger charge is 2.19. The van der Waals surface area contributed by atoms with E-state index in [2.05, 4.69) is 45.1 Å². The van der Waals surface area contributed by atoms with Gasteiger partial charge in [0.25, 0.3) is 0 Å². The number of carbonyl (C=O) groups excluding carboxylic acids is 3. The lowest BCUT2D eigenvalue weighted by Gasteiger charge is -2.18. The first kappa shape index (κ1) is 58.9. The molecule has 0 saturated heterocycles. The summed E-state index contributed by atoms with van der Waals surface area (Å²) in [5.41, 5.74) is 0. The number of unbranched alkanes of at least 4 members (excludes halogenated alkanes) is 34. The van der Waals surface area contributed by atoms with Crippen LogP contribution in [0.2, 0.25) is 0 Å². The second kappa shape index (κ2) is 50.5. The van der Waals surface area contributed by atoms with Crippen molar-refractivity contribution in [1.29, 1.82) is 0 Å². The second-order valence-electron chi connectivity index (χ2n) is 18.1. The number of hydrogen-bond acceptors (Lipinski definition) is 6. The van der Waals surface area contributed by atoms with Crippen molar-refractivity contribution < 1.29 is 28.6 Å². The smallest absolute Gasteiger partial charge is 0.306 e. The third-order valence-electron chi connectivity index (χ3n) is 12.0. The molecule has 6 nitrogen and oxygen atoms in total. The van der Waals surface area contributed by atoms with Crippen LogP contribution in [0.4, 0.5) is 0 Å². The Morgan fingerprint density at radius 2 is 0.639 bits per heavy atom. The monoisotopic (exact) mass is 859 g/mol. The van der Waals surface area contributed by atoms with Gasteiger partial charge in [0.2, 0.25) is 0 Å². The minimum Gasteiger partial charge on any atom is -0.462 e. The van der Waals surface area contributed by atoms with Gasteiger partial charge in [0, 0.05) is 19.3 Å². The van der Waals surface area contributed by atoms with Gasteiger partial charge >= 0.3 is 17.9 Å². The quantitative estimate of drug-likeness (QED) is 0.0262. The zero-order chi connectivity index (χ0) is 44.4. The van der Waals surface area contributed by atoms with E-state index < -0.39 is 6.10 Å². The maximum absolute atomic E-state index is 12.8.